The minimum Gasteiger partial charge on any atom is -0.373 e. The normalized spacial score (nSPS) is 9.00. The summed E-state index contributed by atoms with van der Waals surface area (Å²) in [6, 6.07) is 0. The maximum Gasteiger partial charge on any atom is 0.183 e. The fourth-order valence-electron chi connectivity index (χ4n) is 0.0527. The van der Waals surface area contributed by atoms with Crippen molar-refractivity contribution in [2.45, 2.75) is 0 Å². The van der Waals surface area contributed by atoms with Gasteiger partial charge < -0.3 is 4.74 Å². The molecule has 30 valence electrons. The molecule has 0 radical (unpaired) electrons. The van der Waals surface area contributed by atoms with E-state index in [-0.39, 0.29) is 8.46 Å². The maximum atomic E-state index is 9.38. The molecule has 0 saturated carbocycles. The smallest absolute Gasteiger partial charge is 0.183 e. The fourth-order valence-corrected chi connectivity index (χ4v) is 0.158. The molecule has 2 nitrogen and oxygen atoms in total. The number of hydrogen-bond donors (Lipinski definition) is 0. The third kappa shape index (κ3) is 4.06. The van der Waals surface area contributed by atoms with Gasteiger partial charge in [-0.2, -0.15) is 0 Å². The lowest BCUT2D eigenvalue weighted by Crippen LogP contribution is -1.69. The summed E-state index contributed by atoms with van der Waals surface area (Å²) in [5.41, 5.74) is 0. The zero-order chi connectivity index (χ0) is 4.12. The quantitative estimate of drug-likeness (QED) is 0.472. The van der Waals surface area contributed by atoms with E-state index < -0.39 is 0 Å². The molecule has 0 bridgehead atoms. The second-order valence-corrected chi connectivity index (χ2v) is 1.06. The second kappa shape index (κ2) is 4.06. The number of hydrogen-bond acceptors (Lipinski definition) is 2. The van der Waals surface area contributed by atoms with Crippen LogP contribution in [0.15, 0.2) is 0 Å². The standard InChI is InChI=1S/C2H5O2P/c1-4-2-5-3/h2H2,1H3. The van der Waals surface area contributed by atoms with Crippen molar-refractivity contribution in [1.82, 2.24) is 0 Å². The molecular formula is C2H5O2P. The van der Waals surface area contributed by atoms with E-state index in [9.17, 15) is 4.57 Å². The van der Waals surface area contributed by atoms with E-state index in [4.69, 9.17) is 0 Å². The highest BCUT2D eigenvalue weighted by molar-refractivity contribution is 7.23. The van der Waals surface area contributed by atoms with E-state index in [0.29, 0.717) is 6.35 Å². The Morgan fingerprint density at radius 3 is 2.60 bits per heavy atom. The summed E-state index contributed by atoms with van der Waals surface area (Å²) < 4.78 is 13.7. The molecule has 0 aliphatic carbocycles. The van der Waals surface area contributed by atoms with E-state index in [1.165, 1.54) is 7.11 Å². The van der Waals surface area contributed by atoms with Gasteiger partial charge in [0.2, 0.25) is 0 Å². The van der Waals surface area contributed by atoms with Gasteiger partial charge in [-0.15, -0.1) is 0 Å². The Morgan fingerprint density at radius 2 is 2.60 bits per heavy atom. The van der Waals surface area contributed by atoms with Crippen LogP contribution in [0.3, 0.4) is 0 Å². The summed E-state index contributed by atoms with van der Waals surface area (Å²) in [5, 5.41) is 0. The molecule has 0 amide bonds. The molecule has 0 aromatic heterocycles. The van der Waals surface area contributed by atoms with Gasteiger partial charge in [0.1, 0.15) is 6.35 Å². The van der Waals surface area contributed by atoms with Crippen molar-refractivity contribution in [3.63, 3.8) is 0 Å². The molecule has 0 saturated heterocycles. The Balaban J connectivity index is 2.40. The zero-order valence-electron chi connectivity index (χ0n) is 2.97. The number of rotatable bonds is 2. The molecule has 0 aromatic rings. The molecule has 0 aromatic carbocycles. The average molecular weight is 92.0 g/mol. The lowest BCUT2D eigenvalue weighted by atomic mass is 11.5. The predicted molar refractivity (Wildman–Crippen MR) is 19.5 cm³/mol. The molecule has 0 N–H and O–H groups in total. The highest BCUT2D eigenvalue weighted by atomic mass is 31.1. The molecule has 0 spiro atoms. The zero-order valence-corrected chi connectivity index (χ0v) is 3.87. The van der Waals surface area contributed by atoms with E-state index in [1.807, 2.05) is 0 Å². The molecule has 0 rings (SSSR count). The van der Waals surface area contributed by atoms with Gasteiger partial charge >= 0.3 is 0 Å². The summed E-state index contributed by atoms with van der Waals surface area (Å²) in [5.74, 6) is 0. The molecule has 0 aliphatic rings. The van der Waals surface area contributed by atoms with Crippen molar-refractivity contribution in [2.75, 3.05) is 13.5 Å². The van der Waals surface area contributed by atoms with Gasteiger partial charge in [-0.25, -0.2) is 0 Å². The van der Waals surface area contributed by atoms with Crippen LogP contribution in [0.4, 0.5) is 0 Å². The molecule has 0 heterocycles. The average Bonchev–Trinajstić information content (AvgIpc) is 1.41. The largest absolute Gasteiger partial charge is 0.373 e. The SMILES string of the molecule is COCP=O. The summed E-state index contributed by atoms with van der Waals surface area (Å²) in [7, 11) is 1.56. The van der Waals surface area contributed by atoms with E-state index in [2.05, 4.69) is 4.74 Å². The summed E-state index contributed by atoms with van der Waals surface area (Å²) >= 11 is 0. The van der Waals surface area contributed by atoms with Crippen LogP contribution in [0.1, 0.15) is 0 Å². The van der Waals surface area contributed by atoms with E-state index >= 15 is 0 Å². The lowest BCUT2D eigenvalue weighted by Gasteiger charge is -1.74. The van der Waals surface area contributed by atoms with Crippen LogP contribution in [0, 0.1) is 0 Å². The fraction of sp³-hybridized carbons (Fsp3) is 1.00. The number of ether oxygens (including phenoxy) is 1. The Labute approximate surface area is 32.3 Å². The van der Waals surface area contributed by atoms with E-state index in [1.54, 1.807) is 0 Å². The van der Waals surface area contributed by atoms with Crippen LogP contribution in [0.5, 0.6) is 0 Å². The first-order valence-electron chi connectivity index (χ1n) is 1.20. The first kappa shape index (κ1) is 5.06. The molecule has 0 atom stereocenters. The first-order valence-corrected chi connectivity index (χ1v) is 2.19. The first-order chi connectivity index (χ1) is 2.41. The molecule has 0 aliphatic heterocycles. The van der Waals surface area contributed by atoms with Crippen LogP contribution >= 0.6 is 8.46 Å². The molecular weight excluding hydrogens is 87.0 g/mol. The van der Waals surface area contributed by atoms with Gasteiger partial charge in [-0.1, -0.05) is 0 Å². The third-order valence-electron chi connectivity index (χ3n) is 0.182. The van der Waals surface area contributed by atoms with Crippen molar-refractivity contribution >= 4 is 8.46 Å². The molecule has 0 unspecified atom stereocenters. The van der Waals surface area contributed by atoms with Gasteiger partial charge in [-0.05, 0) is 0 Å². The maximum absolute atomic E-state index is 9.38. The predicted octanol–water partition coefficient (Wildman–Crippen LogP) is 0.882. The van der Waals surface area contributed by atoms with Crippen LogP contribution in [0.2, 0.25) is 0 Å². The van der Waals surface area contributed by atoms with Gasteiger partial charge in [0.05, 0.1) is 0 Å². The van der Waals surface area contributed by atoms with Crippen LogP contribution < -0.4 is 0 Å². The van der Waals surface area contributed by atoms with Gasteiger partial charge in [0.25, 0.3) is 0 Å². The summed E-state index contributed by atoms with van der Waals surface area (Å²) in [4.78, 5) is 0. The van der Waals surface area contributed by atoms with Crippen molar-refractivity contribution in [2.24, 2.45) is 0 Å². The van der Waals surface area contributed by atoms with Crippen molar-refractivity contribution in [1.29, 1.82) is 0 Å². The Kier molecular flexibility index (Phi) is 4.11. The lowest BCUT2D eigenvalue weighted by molar-refractivity contribution is 0.254. The van der Waals surface area contributed by atoms with Crippen molar-refractivity contribution in [3.05, 3.63) is 0 Å². The molecule has 5 heavy (non-hydrogen) atoms. The van der Waals surface area contributed by atoms with Crippen LogP contribution in [-0.2, 0) is 9.30 Å². The Bertz CT molecular complexity index is 28.8. The number of methoxy groups -OCH3 is 1. The van der Waals surface area contributed by atoms with E-state index in [0.717, 1.165) is 0 Å². The third-order valence-corrected chi connectivity index (χ3v) is 0.545. The topological polar surface area (TPSA) is 26.3 Å². The van der Waals surface area contributed by atoms with Gasteiger partial charge in [0.15, 0.2) is 8.46 Å². The van der Waals surface area contributed by atoms with Gasteiger partial charge in [0, 0.05) is 7.11 Å². The highest BCUT2D eigenvalue weighted by Crippen LogP contribution is 1.85. The van der Waals surface area contributed by atoms with Crippen LogP contribution in [0.25, 0.3) is 0 Å². The second-order valence-electron chi connectivity index (χ2n) is 0.547. The van der Waals surface area contributed by atoms with Crippen molar-refractivity contribution < 1.29 is 9.30 Å². The summed E-state index contributed by atoms with van der Waals surface area (Å²) in [6.07, 6.45) is 0.306. The molecule has 0 fully saturated rings. The van der Waals surface area contributed by atoms with Gasteiger partial charge in [-0.3, -0.25) is 4.57 Å². The van der Waals surface area contributed by atoms with Crippen molar-refractivity contribution in [3.8, 4) is 0 Å². The molecule has 3 heteroatoms. The minimum atomic E-state index is 0.0575. The minimum absolute atomic E-state index is 0.0575. The summed E-state index contributed by atoms with van der Waals surface area (Å²) in [6.45, 7) is 0. The Hall–Kier alpha value is 0.0600. The highest BCUT2D eigenvalue weighted by Gasteiger charge is 1.66. The van der Waals surface area contributed by atoms with Crippen LogP contribution in [-0.4, -0.2) is 13.5 Å². The monoisotopic (exact) mass is 92.0 g/mol. The Morgan fingerprint density at radius 1 is 2.00 bits per heavy atom.